The first kappa shape index (κ1) is 13.0. The van der Waals surface area contributed by atoms with E-state index in [0.29, 0.717) is 0 Å². The van der Waals surface area contributed by atoms with Crippen molar-refractivity contribution in [2.24, 2.45) is 0 Å². The average Bonchev–Trinajstić information content (AvgIpc) is 1.90. The van der Waals surface area contributed by atoms with Crippen LogP contribution in [0.1, 0.15) is 0 Å². The summed E-state index contributed by atoms with van der Waals surface area (Å²) in [4.78, 5) is 0. The number of rotatable bonds is 1. The van der Waals surface area contributed by atoms with E-state index in [1.165, 1.54) is 0 Å². The molecule has 3 heteroatoms. The molecule has 52 valence electrons. The van der Waals surface area contributed by atoms with Gasteiger partial charge >= 0.3 is 0 Å². The van der Waals surface area contributed by atoms with Crippen LogP contribution in [0.25, 0.3) is 0 Å². The van der Waals surface area contributed by atoms with Crippen molar-refractivity contribution in [1.29, 1.82) is 0 Å². The Morgan fingerprint density at radius 3 is 2.40 bits per heavy atom. The van der Waals surface area contributed by atoms with Crippen molar-refractivity contribution < 1.29 is 24.2 Å². The summed E-state index contributed by atoms with van der Waals surface area (Å²) in [6.07, 6.45) is 0. The first-order valence-electron chi connectivity index (χ1n) is 2.44. The van der Waals surface area contributed by atoms with Crippen molar-refractivity contribution in [1.82, 2.24) is 0 Å². The van der Waals surface area contributed by atoms with Crippen molar-refractivity contribution >= 4 is 24.0 Å². The molecule has 0 atom stereocenters. The largest absolute Gasteiger partial charge is 0.523 e. The van der Waals surface area contributed by atoms with Gasteiger partial charge in [0.1, 0.15) is 0 Å². The van der Waals surface area contributed by atoms with Gasteiger partial charge in [-0.05, 0) is 0 Å². The molecule has 0 heterocycles. The number of para-hydroxylation sites is 1. The monoisotopic (exact) mass is 299 g/mol. The average molecular weight is 300 g/mol. The molecule has 0 N–H and O–H groups in total. The molecular weight excluding hydrogens is 292 g/mol. The van der Waals surface area contributed by atoms with E-state index in [9.17, 15) is 0 Å². The Hall–Kier alpha value is 0.373. The molecule has 1 rings (SSSR count). The third kappa shape index (κ3) is 4.23. The number of hydrogen-bond acceptors (Lipinski definition) is 1. The second kappa shape index (κ2) is 7.48. The van der Waals surface area contributed by atoms with Crippen LogP contribution >= 0.6 is 24.0 Å². The minimum absolute atomic E-state index is 0. The van der Waals surface area contributed by atoms with E-state index >= 15 is 0 Å². The Bertz CT molecular complexity index is 155. The van der Waals surface area contributed by atoms with Gasteiger partial charge in [-0.3, -0.25) is 0 Å². The Morgan fingerprint density at radius 2 is 2.10 bits per heavy atom. The molecule has 0 amide bonds. The molecule has 1 aromatic carbocycles. The minimum atomic E-state index is 0. The molecule has 0 aliphatic rings. The van der Waals surface area contributed by atoms with Gasteiger partial charge in [0.2, 0.25) is 0 Å². The number of hydrogen-bond donors (Lipinski definition) is 0. The van der Waals surface area contributed by atoms with E-state index in [4.69, 9.17) is 4.74 Å². The summed E-state index contributed by atoms with van der Waals surface area (Å²) < 4.78 is 4.86. The zero-order valence-corrected chi connectivity index (χ0v) is 11.1. The van der Waals surface area contributed by atoms with Crippen LogP contribution < -0.4 is 4.74 Å². The van der Waals surface area contributed by atoms with Crippen molar-refractivity contribution in [3.05, 3.63) is 30.3 Å². The normalized spacial score (nSPS) is 6.90. The van der Waals surface area contributed by atoms with Gasteiger partial charge in [-0.1, -0.05) is 0 Å². The number of methoxy groups -OCH3 is 1. The summed E-state index contributed by atoms with van der Waals surface area (Å²) in [5.41, 5.74) is 0. The summed E-state index contributed by atoms with van der Waals surface area (Å²) in [6, 6.07) is 10.4. The predicted molar refractivity (Wildman–Crippen MR) is 47.2 cm³/mol. The maximum absolute atomic E-state index is 4.86. The number of halogens is 1. The molecule has 0 radical (unpaired) electrons. The van der Waals surface area contributed by atoms with E-state index in [2.05, 4.69) is 6.07 Å². The van der Waals surface area contributed by atoms with Crippen LogP contribution in [0.5, 0.6) is 5.75 Å². The fraction of sp³-hybridized carbons (Fsp3) is 0.143. The van der Waals surface area contributed by atoms with E-state index < -0.39 is 0 Å². The van der Waals surface area contributed by atoms with Crippen molar-refractivity contribution in [2.45, 2.75) is 0 Å². The summed E-state index contributed by atoms with van der Waals surface area (Å²) in [5, 5.41) is 0. The molecule has 0 saturated carbocycles. The topological polar surface area (TPSA) is 9.23 Å². The SMILES string of the molecule is COc1[c-]cccc1.I.[Zn]. The van der Waals surface area contributed by atoms with Crippen LogP contribution in [0.3, 0.4) is 0 Å². The fourth-order valence-corrected chi connectivity index (χ4v) is 0.504. The first-order valence-corrected chi connectivity index (χ1v) is 2.44. The zero-order valence-electron chi connectivity index (χ0n) is 5.83. The fourth-order valence-electron chi connectivity index (χ4n) is 0.504. The Morgan fingerprint density at radius 1 is 1.40 bits per heavy atom. The molecule has 0 aliphatic heterocycles. The smallest absolute Gasteiger partial charge is 0.0743 e. The van der Waals surface area contributed by atoms with E-state index in [-0.39, 0.29) is 43.5 Å². The van der Waals surface area contributed by atoms with Crippen molar-refractivity contribution in [3.8, 4) is 5.75 Å². The van der Waals surface area contributed by atoms with Gasteiger partial charge in [-0.2, -0.15) is 18.2 Å². The standard InChI is InChI=1S/C7H7O.HI.Zn/c1-8-7-5-3-2-4-6-7;;/h2-5H,1H3;1H;/q-1;;. The van der Waals surface area contributed by atoms with Gasteiger partial charge in [0, 0.05) is 25.2 Å². The van der Waals surface area contributed by atoms with Crippen LogP contribution in [0.15, 0.2) is 24.3 Å². The van der Waals surface area contributed by atoms with Crippen LogP contribution in [0.4, 0.5) is 0 Å². The van der Waals surface area contributed by atoms with Crippen molar-refractivity contribution in [3.63, 3.8) is 0 Å². The minimum Gasteiger partial charge on any atom is -0.523 e. The summed E-state index contributed by atoms with van der Waals surface area (Å²) >= 11 is 0. The Labute approximate surface area is 90.9 Å². The summed E-state index contributed by atoms with van der Waals surface area (Å²) in [5.74, 6) is 0.785. The third-order valence-corrected chi connectivity index (χ3v) is 0.900. The molecular formula is C7H8IOZn-. The second-order valence-corrected chi connectivity index (χ2v) is 1.43. The molecule has 10 heavy (non-hydrogen) atoms. The summed E-state index contributed by atoms with van der Waals surface area (Å²) in [7, 11) is 1.63. The molecule has 1 aromatic rings. The van der Waals surface area contributed by atoms with Crippen LogP contribution in [0, 0.1) is 6.07 Å². The van der Waals surface area contributed by atoms with Crippen molar-refractivity contribution in [2.75, 3.05) is 7.11 Å². The molecule has 1 nitrogen and oxygen atoms in total. The second-order valence-electron chi connectivity index (χ2n) is 1.43. The number of benzene rings is 1. The Kier molecular flexibility index (Phi) is 9.72. The molecule has 0 fully saturated rings. The molecule has 0 spiro atoms. The van der Waals surface area contributed by atoms with Crippen LogP contribution in [-0.4, -0.2) is 7.11 Å². The first-order chi connectivity index (χ1) is 3.93. The van der Waals surface area contributed by atoms with E-state index in [1.54, 1.807) is 7.11 Å². The maximum Gasteiger partial charge on any atom is 0.0743 e. The van der Waals surface area contributed by atoms with Gasteiger partial charge in [-0.15, -0.1) is 36.1 Å². The van der Waals surface area contributed by atoms with Gasteiger partial charge < -0.3 is 4.74 Å². The van der Waals surface area contributed by atoms with E-state index in [0.717, 1.165) is 5.75 Å². The van der Waals surface area contributed by atoms with Gasteiger partial charge in [0.15, 0.2) is 0 Å². The molecule has 0 unspecified atom stereocenters. The molecule has 0 saturated heterocycles. The zero-order chi connectivity index (χ0) is 5.82. The molecule has 0 aliphatic carbocycles. The van der Waals surface area contributed by atoms with Crippen LogP contribution in [0.2, 0.25) is 0 Å². The molecule has 0 bridgehead atoms. The van der Waals surface area contributed by atoms with Crippen LogP contribution in [-0.2, 0) is 19.5 Å². The van der Waals surface area contributed by atoms with Gasteiger partial charge in [0.25, 0.3) is 0 Å². The predicted octanol–water partition coefficient (Wildman–Crippen LogP) is 2.11. The number of ether oxygens (including phenoxy) is 1. The quantitative estimate of drug-likeness (QED) is 0.438. The van der Waals surface area contributed by atoms with Gasteiger partial charge in [0.05, 0.1) is 7.11 Å². The third-order valence-electron chi connectivity index (χ3n) is 0.900. The van der Waals surface area contributed by atoms with E-state index in [1.807, 2.05) is 24.3 Å². The molecule has 0 aromatic heterocycles. The van der Waals surface area contributed by atoms with Gasteiger partial charge in [-0.25, -0.2) is 0 Å². The Balaban J connectivity index is 0. The summed E-state index contributed by atoms with van der Waals surface area (Å²) in [6.45, 7) is 0. The maximum atomic E-state index is 4.86.